The zero-order chi connectivity index (χ0) is 54.9. The summed E-state index contributed by atoms with van der Waals surface area (Å²) in [6.07, 6.45) is -1.99. The molecule has 0 spiro atoms. The van der Waals surface area contributed by atoms with E-state index in [1.807, 2.05) is 39.8 Å². The summed E-state index contributed by atoms with van der Waals surface area (Å²) in [5.41, 5.74) is 7.52. The predicted octanol–water partition coefficient (Wildman–Crippen LogP) is 5.23. The lowest BCUT2D eigenvalue weighted by Gasteiger charge is -2.47. The Kier molecular flexibility index (Phi) is 21.0. The Morgan fingerprint density at radius 3 is 2.47 bits per heavy atom. The number of ketones is 1. The third-order valence-electron chi connectivity index (χ3n) is 14.6. The average molecular weight is 1060 g/mol. The minimum absolute atomic E-state index is 0.00636. The molecule has 0 radical (unpaired) electrons. The smallest absolute Gasteiger partial charge is 0.351 e. The first-order valence-corrected chi connectivity index (χ1v) is 26.4. The summed E-state index contributed by atoms with van der Waals surface area (Å²) in [5.74, 6) is -5.57. The number of alkyl halides is 1. The van der Waals surface area contributed by atoms with Crippen LogP contribution >= 0.6 is 11.3 Å². The second kappa shape index (κ2) is 25.8. The fourth-order valence-corrected chi connectivity index (χ4v) is 10.8. The number of nitrogens with one attached hydrogen (secondary N) is 2. The number of Topliss-reactive ketones (excluding diaryl/α,β-unsaturated/α-hetero) is 1. The van der Waals surface area contributed by atoms with Crippen molar-refractivity contribution in [3.63, 3.8) is 0 Å². The number of nitrogens with two attached hydrogens (primary N) is 2. The first kappa shape index (κ1) is 60.1. The van der Waals surface area contributed by atoms with Crippen molar-refractivity contribution in [3.8, 4) is 10.6 Å². The van der Waals surface area contributed by atoms with Crippen LogP contribution < -0.4 is 22.1 Å². The van der Waals surface area contributed by atoms with Crippen molar-refractivity contribution < 1.29 is 62.4 Å². The van der Waals surface area contributed by atoms with Gasteiger partial charge in [0.05, 0.1) is 47.5 Å². The molecule has 3 amide bonds. The quantitative estimate of drug-likeness (QED) is 0.0756. The number of aliphatic hydroxyl groups excluding tert-OH is 1. The average Bonchev–Trinajstić information content (AvgIpc) is 3.81. The van der Waals surface area contributed by atoms with Crippen molar-refractivity contribution in [3.05, 3.63) is 40.7 Å². The second-order valence-electron chi connectivity index (χ2n) is 21.2. The normalized spacial score (nSPS) is 33.8. The van der Waals surface area contributed by atoms with Gasteiger partial charge in [0.1, 0.15) is 23.0 Å². The van der Waals surface area contributed by atoms with Crippen LogP contribution in [0.5, 0.6) is 0 Å². The van der Waals surface area contributed by atoms with Crippen LogP contribution in [0.3, 0.4) is 0 Å². The molecule has 0 aromatic carbocycles. The maximum Gasteiger partial charge on any atom is 0.351 e. The molecule has 0 saturated carbocycles. The number of primary amides is 1. The highest BCUT2D eigenvalue weighted by Gasteiger charge is 2.55. The van der Waals surface area contributed by atoms with Gasteiger partial charge < -0.3 is 61.0 Å². The van der Waals surface area contributed by atoms with Gasteiger partial charge in [-0.15, -0.1) is 11.3 Å². The first-order valence-electron chi connectivity index (χ1n) is 25.6. The standard InChI is InChI=1S/C52H79FN8O12S/c1-12-39-50(7,68)23-32-14-17-35(60-70-26-34-16-15-33(24-56-34)47-59-41(27-74-47)58-46(66)36(54)18-19-40(55)62)25-69-51(8,22-29(4)37(20-28(32)3)57-42(63)13-2)45(31(6)44(65)52(9,53)49(67)72-39)73-48-43(64)38(61(10)11)21-30(5)71-48/h15-16,24,27-28,30-32,36,38-39,43,45,48,64,68H,12-14,17-23,25-26,54H2,1-11H3,(H2,55,62)(H,57,63)(H,58,66)/b37-29+,60-35?. The van der Waals surface area contributed by atoms with E-state index < -0.39 is 89.1 Å². The van der Waals surface area contributed by atoms with E-state index in [-0.39, 0.29) is 75.9 Å². The van der Waals surface area contributed by atoms with Crippen molar-refractivity contribution in [2.45, 2.75) is 193 Å². The molecule has 74 heavy (non-hydrogen) atoms. The number of oxime groups is 1. The number of allylic oxidation sites excluding steroid dienone is 1. The number of pyridine rings is 1. The molecule has 6 rings (SSSR count). The number of hydrogen-bond acceptors (Lipinski definition) is 18. The zero-order valence-electron chi connectivity index (χ0n) is 44.8. The van der Waals surface area contributed by atoms with Gasteiger partial charge in [-0.2, -0.15) is 0 Å². The number of thiazole rings is 1. The van der Waals surface area contributed by atoms with Crippen molar-refractivity contribution in [2.24, 2.45) is 34.4 Å². The molecule has 22 heteroatoms. The zero-order valence-corrected chi connectivity index (χ0v) is 45.6. The minimum atomic E-state index is -3.22. The summed E-state index contributed by atoms with van der Waals surface area (Å²) in [6.45, 7) is 14.4. The van der Waals surface area contributed by atoms with Crippen LogP contribution in [-0.2, 0) is 54.4 Å². The van der Waals surface area contributed by atoms with Gasteiger partial charge in [-0.05, 0) is 118 Å². The number of amides is 3. The number of halogens is 1. The molecule has 2 fully saturated rings. The highest BCUT2D eigenvalue weighted by atomic mass is 32.1. The highest BCUT2D eigenvalue weighted by molar-refractivity contribution is 7.13. The number of likely N-dealkylation sites (N-methyl/N-ethyl adjacent to an activating group) is 1. The van der Waals surface area contributed by atoms with Crippen LogP contribution in [0.25, 0.3) is 10.6 Å². The number of hydrogen-bond donors (Lipinski definition) is 6. The molecule has 20 nitrogen and oxygen atoms in total. The summed E-state index contributed by atoms with van der Waals surface area (Å²) in [7, 11) is 3.64. The maximum absolute atomic E-state index is 17.2. The Balaban J connectivity index is 1.56. The van der Waals surface area contributed by atoms with Gasteiger partial charge in [-0.25, -0.2) is 14.2 Å². The molecule has 8 N–H and O–H groups in total. The number of fused-ring (bicyclic) bond motifs is 15. The van der Waals surface area contributed by atoms with Gasteiger partial charge >= 0.3 is 5.97 Å². The number of ether oxygens (including phenoxy) is 4. The lowest BCUT2D eigenvalue weighted by Crippen LogP contribution is -2.60. The Hall–Kier alpha value is -4.81. The van der Waals surface area contributed by atoms with Gasteiger partial charge in [0.25, 0.3) is 5.67 Å². The minimum Gasteiger partial charge on any atom is -0.457 e. The molecule has 4 aliphatic heterocycles. The fourth-order valence-electron chi connectivity index (χ4n) is 10.0. The van der Waals surface area contributed by atoms with E-state index in [1.165, 1.54) is 25.2 Å². The van der Waals surface area contributed by atoms with Gasteiger partial charge in [0.2, 0.25) is 17.7 Å². The number of aromatic nitrogens is 2. The van der Waals surface area contributed by atoms with Crippen molar-refractivity contribution in [2.75, 3.05) is 26.0 Å². The van der Waals surface area contributed by atoms with Crippen LogP contribution in [0.15, 0.2) is 40.1 Å². The topological polar surface area (TPSA) is 289 Å². The number of carbonyl (C=O) groups excluding carboxylic acids is 5. The molecule has 2 aromatic heterocycles. The fraction of sp³-hybridized carbons (Fsp3) is 0.692. The third kappa shape index (κ3) is 15.4. The monoisotopic (exact) mass is 1060 g/mol. The van der Waals surface area contributed by atoms with Crippen molar-refractivity contribution in [1.29, 1.82) is 0 Å². The maximum atomic E-state index is 17.2. The molecule has 0 aliphatic carbocycles. The lowest BCUT2D eigenvalue weighted by atomic mass is 9.75. The van der Waals surface area contributed by atoms with Gasteiger partial charge in [0.15, 0.2) is 18.7 Å². The Morgan fingerprint density at radius 2 is 1.84 bits per heavy atom. The largest absolute Gasteiger partial charge is 0.457 e. The van der Waals surface area contributed by atoms with E-state index in [2.05, 4.69) is 25.8 Å². The second-order valence-corrected chi connectivity index (χ2v) is 22.0. The van der Waals surface area contributed by atoms with E-state index in [0.29, 0.717) is 58.3 Å². The van der Waals surface area contributed by atoms with E-state index in [1.54, 1.807) is 44.5 Å². The molecule has 2 bridgehead atoms. The van der Waals surface area contributed by atoms with E-state index in [0.717, 1.165) is 6.92 Å². The van der Waals surface area contributed by atoms with Crippen LogP contribution in [0, 0.1) is 17.8 Å². The van der Waals surface area contributed by atoms with Crippen LogP contribution in [0.1, 0.15) is 132 Å². The van der Waals surface area contributed by atoms with Crippen LogP contribution in [0.4, 0.5) is 10.2 Å². The van der Waals surface area contributed by atoms with Gasteiger partial charge in [-0.3, -0.25) is 24.2 Å². The number of anilines is 1. The number of carbonyl (C=O) groups is 5. The summed E-state index contributed by atoms with van der Waals surface area (Å²) in [4.78, 5) is 82.4. The Bertz CT molecular complexity index is 2350. The van der Waals surface area contributed by atoms with Gasteiger partial charge in [-0.1, -0.05) is 38.4 Å². The van der Waals surface area contributed by atoms with Crippen molar-refractivity contribution in [1.82, 2.24) is 20.2 Å². The predicted molar refractivity (Wildman–Crippen MR) is 276 cm³/mol. The van der Waals surface area contributed by atoms with Crippen LogP contribution in [0.2, 0.25) is 0 Å². The molecule has 13 atom stereocenters. The van der Waals surface area contributed by atoms with Crippen LogP contribution in [-0.4, -0.2) is 141 Å². The summed E-state index contributed by atoms with van der Waals surface area (Å²) in [5, 5.41) is 36.6. The highest BCUT2D eigenvalue weighted by Crippen LogP contribution is 2.41. The summed E-state index contributed by atoms with van der Waals surface area (Å²) >= 11 is 1.28. The summed E-state index contributed by atoms with van der Waals surface area (Å²) < 4.78 is 42.9. The summed E-state index contributed by atoms with van der Waals surface area (Å²) in [6, 6.07) is 2.18. The van der Waals surface area contributed by atoms with E-state index >= 15 is 4.39 Å². The van der Waals surface area contributed by atoms with Gasteiger partial charge in [0, 0.05) is 54.1 Å². The Morgan fingerprint density at radius 1 is 1.12 bits per heavy atom. The number of aliphatic hydroxyl groups is 2. The third-order valence-corrected chi connectivity index (χ3v) is 15.5. The lowest BCUT2D eigenvalue weighted by molar-refractivity contribution is -0.295. The molecule has 2 saturated heterocycles. The SMILES string of the molecule is CCC(=O)N/C1=C(\C)CC2(C)OCC(=NOCc3ccc(-c4nc(NC(=O)C(N)CCC(N)=O)cs4)cn3)CCC(CC(C)(O)C(CC)OC(=O)C(C)(F)C(=O)C(C)C2OC2OC(C)CC(N(C)C)C2O)C(C)C1. The molecular weight excluding hydrogens is 980 g/mol. The molecule has 412 valence electrons. The number of esters is 1. The molecular formula is C52H79FN8O12S. The van der Waals surface area contributed by atoms with Crippen molar-refractivity contribution >= 4 is 52.3 Å². The first-order chi connectivity index (χ1) is 34.7. The van der Waals surface area contributed by atoms with E-state index in [4.69, 9.17) is 35.3 Å². The number of rotatable bonds is 15. The molecule has 13 unspecified atom stereocenters. The van der Waals surface area contributed by atoms with E-state index in [9.17, 15) is 34.2 Å². The molecule has 2 aromatic rings. The Labute approximate surface area is 437 Å². The molecule has 6 heterocycles. The number of nitrogens with zero attached hydrogens (tertiary/aromatic N) is 4. The molecule has 4 aliphatic rings.